The summed E-state index contributed by atoms with van der Waals surface area (Å²) >= 11 is 5.32. The summed E-state index contributed by atoms with van der Waals surface area (Å²) < 4.78 is 2.73. The maximum Gasteiger partial charge on any atom is 0.178 e. The van der Waals surface area contributed by atoms with Gasteiger partial charge in [-0.05, 0) is 36.5 Å². The fraction of sp³-hybridized carbons (Fsp3) is 0.0625. The van der Waals surface area contributed by atoms with Crippen molar-refractivity contribution in [2.75, 3.05) is 0 Å². The third kappa shape index (κ3) is 2.44. The predicted molar refractivity (Wildman–Crippen MR) is 80.4 cm³/mol. The monoisotopic (exact) mass is 264 g/mol. The molecule has 0 amide bonds. The van der Waals surface area contributed by atoms with Gasteiger partial charge in [0.15, 0.2) is 4.77 Å². The van der Waals surface area contributed by atoms with Crippen LogP contribution in [0.2, 0.25) is 0 Å². The summed E-state index contributed by atoms with van der Waals surface area (Å²) in [6.45, 7) is 0.595. The SMILES string of the molecule is S=c1[nH]c2ccccc2n1CC#Cc1ccccc1. The minimum atomic E-state index is 0.595. The lowest BCUT2D eigenvalue weighted by Crippen LogP contribution is -1.94. The molecule has 92 valence electrons. The van der Waals surface area contributed by atoms with Crippen LogP contribution < -0.4 is 0 Å². The van der Waals surface area contributed by atoms with Crippen molar-refractivity contribution in [3.05, 3.63) is 64.9 Å². The molecule has 1 heterocycles. The van der Waals surface area contributed by atoms with Crippen molar-refractivity contribution in [2.24, 2.45) is 0 Å². The van der Waals surface area contributed by atoms with E-state index >= 15 is 0 Å². The molecule has 0 fully saturated rings. The van der Waals surface area contributed by atoms with E-state index in [4.69, 9.17) is 12.2 Å². The van der Waals surface area contributed by atoms with Gasteiger partial charge in [0.05, 0.1) is 17.6 Å². The van der Waals surface area contributed by atoms with Crippen molar-refractivity contribution in [1.29, 1.82) is 0 Å². The number of fused-ring (bicyclic) bond motifs is 1. The number of rotatable bonds is 1. The second-order valence-electron chi connectivity index (χ2n) is 4.20. The molecule has 19 heavy (non-hydrogen) atoms. The van der Waals surface area contributed by atoms with Crippen molar-refractivity contribution in [2.45, 2.75) is 6.54 Å². The van der Waals surface area contributed by atoms with Gasteiger partial charge in [-0.3, -0.25) is 0 Å². The normalized spacial score (nSPS) is 10.1. The molecular weight excluding hydrogens is 252 g/mol. The fourth-order valence-corrected chi connectivity index (χ4v) is 2.28. The molecular formula is C16H12N2S. The first-order chi connectivity index (χ1) is 9.34. The quantitative estimate of drug-likeness (QED) is 0.524. The Morgan fingerprint density at radius 2 is 1.74 bits per heavy atom. The molecule has 0 unspecified atom stereocenters. The number of nitrogens with zero attached hydrogens (tertiary/aromatic N) is 1. The van der Waals surface area contributed by atoms with E-state index < -0.39 is 0 Å². The van der Waals surface area contributed by atoms with Crippen LogP contribution in [0.3, 0.4) is 0 Å². The average Bonchev–Trinajstić information content (AvgIpc) is 2.76. The number of hydrogen-bond donors (Lipinski definition) is 1. The molecule has 2 nitrogen and oxygen atoms in total. The summed E-state index contributed by atoms with van der Waals surface area (Å²) in [5.74, 6) is 6.31. The predicted octanol–water partition coefficient (Wildman–Crippen LogP) is 3.75. The molecule has 0 saturated heterocycles. The lowest BCUT2D eigenvalue weighted by Gasteiger charge is -1.97. The van der Waals surface area contributed by atoms with E-state index in [1.807, 2.05) is 59.2 Å². The van der Waals surface area contributed by atoms with E-state index in [1.54, 1.807) is 0 Å². The van der Waals surface area contributed by atoms with Crippen LogP contribution in [0.5, 0.6) is 0 Å². The van der Waals surface area contributed by atoms with Crippen LogP contribution in [-0.4, -0.2) is 9.55 Å². The smallest absolute Gasteiger partial charge is 0.178 e. The number of benzene rings is 2. The first-order valence-electron chi connectivity index (χ1n) is 6.06. The number of hydrogen-bond acceptors (Lipinski definition) is 1. The molecule has 0 saturated carbocycles. The third-order valence-corrected chi connectivity index (χ3v) is 3.25. The summed E-state index contributed by atoms with van der Waals surface area (Å²) in [6.07, 6.45) is 0. The molecule has 3 rings (SSSR count). The second-order valence-corrected chi connectivity index (χ2v) is 4.59. The van der Waals surface area contributed by atoms with Crippen LogP contribution in [0, 0.1) is 16.6 Å². The third-order valence-electron chi connectivity index (χ3n) is 2.93. The molecule has 3 aromatic rings. The summed E-state index contributed by atoms with van der Waals surface area (Å²) in [7, 11) is 0. The zero-order valence-corrected chi connectivity index (χ0v) is 11.1. The Morgan fingerprint density at radius 1 is 1.00 bits per heavy atom. The highest BCUT2D eigenvalue weighted by Gasteiger charge is 2.00. The number of aromatic nitrogens is 2. The lowest BCUT2D eigenvalue weighted by atomic mass is 10.2. The minimum Gasteiger partial charge on any atom is -0.331 e. The molecule has 1 aromatic heterocycles. The molecule has 0 spiro atoms. The highest BCUT2D eigenvalue weighted by atomic mass is 32.1. The van der Waals surface area contributed by atoms with Crippen molar-refractivity contribution < 1.29 is 0 Å². The van der Waals surface area contributed by atoms with E-state index in [9.17, 15) is 0 Å². The van der Waals surface area contributed by atoms with Crippen molar-refractivity contribution in [1.82, 2.24) is 9.55 Å². The Labute approximate surface area is 116 Å². The first kappa shape index (κ1) is 11.8. The minimum absolute atomic E-state index is 0.595. The van der Waals surface area contributed by atoms with E-state index in [-0.39, 0.29) is 0 Å². The first-order valence-corrected chi connectivity index (χ1v) is 6.47. The van der Waals surface area contributed by atoms with Crippen molar-refractivity contribution >= 4 is 23.3 Å². The second kappa shape index (κ2) is 5.13. The van der Waals surface area contributed by atoms with Gasteiger partial charge in [-0.25, -0.2) is 0 Å². The van der Waals surface area contributed by atoms with Gasteiger partial charge in [0, 0.05) is 5.56 Å². The topological polar surface area (TPSA) is 20.7 Å². The van der Waals surface area contributed by atoms with Gasteiger partial charge >= 0.3 is 0 Å². The zero-order chi connectivity index (χ0) is 13.1. The van der Waals surface area contributed by atoms with Crippen LogP contribution in [0.15, 0.2) is 54.6 Å². The Bertz CT molecular complexity index is 816. The van der Waals surface area contributed by atoms with Gasteiger partial charge in [-0.15, -0.1) is 0 Å². The maximum atomic E-state index is 5.32. The van der Waals surface area contributed by atoms with Gasteiger partial charge < -0.3 is 9.55 Å². The summed E-state index contributed by atoms with van der Waals surface area (Å²) in [4.78, 5) is 3.19. The molecule has 3 heteroatoms. The largest absolute Gasteiger partial charge is 0.331 e. The molecule has 2 aromatic carbocycles. The zero-order valence-electron chi connectivity index (χ0n) is 10.3. The van der Waals surface area contributed by atoms with E-state index in [0.717, 1.165) is 16.6 Å². The Morgan fingerprint density at radius 3 is 2.58 bits per heavy atom. The van der Waals surface area contributed by atoms with Gasteiger partial charge in [0.2, 0.25) is 0 Å². The summed E-state index contributed by atoms with van der Waals surface area (Å²) in [5.41, 5.74) is 3.16. The fourth-order valence-electron chi connectivity index (χ4n) is 2.01. The van der Waals surface area contributed by atoms with Crippen LogP contribution in [0.1, 0.15) is 5.56 Å². The standard InChI is InChI=1S/C16H12N2S/c19-16-17-14-10-4-5-11-15(14)18(16)12-6-9-13-7-2-1-3-8-13/h1-5,7-8,10-11H,12H2,(H,17,19). The number of nitrogens with one attached hydrogen (secondary N) is 1. The van der Waals surface area contributed by atoms with Gasteiger partial charge in [-0.2, -0.15) is 0 Å². The molecule has 0 aliphatic carbocycles. The highest BCUT2D eigenvalue weighted by Crippen LogP contribution is 2.12. The highest BCUT2D eigenvalue weighted by molar-refractivity contribution is 7.71. The molecule has 0 aliphatic rings. The van der Waals surface area contributed by atoms with Gasteiger partial charge in [0.25, 0.3) is 0 Å². The average molecular weight is 264 g/mol. The van der Waals surface area contributed by atoms with Crippen LogP contribution >= 0.6 is 12.2 Å². The van der Waals surface area contributed by atoms with Crippen molar-refractivity contribution in [3.63, 3.8) is 0 Å². The van der Waals surface area contributed by atoms with Gasteiger partial charge in [-0.1, -0.05) is 42.2 Å². The van der Waals surface area contributed by atoms with Gasteiger partial charge in [0.1, 0.15) is 0 Å². The molecule has 0 atom stereocenters. The molecule has 1 N–H and O–H groups in total. The van der Waals surface area contributed by atoms with Crippen molar-refractivity contribution in [3.8, 4) is 11.8 Å². The Hall–Kier alpha value is -2.31. The van der Waals surface area contributed by atoms with E-state index in [1.165, 1.54) is 0 Å². The summed E-state index contributed by atoms with van der Waals surface area (Å²) in [5, 5.41) is 0. The van der Waals surface area contributed by atoms with E-state index in [2.05, 4.69) is 16.8 Å². The molecule has 0 bridgehead atoms. The number of imidazole rings is 1. The molecule has 0 radical (unpaired) electrons. The number of aromatic amines is 1. The number of para-hydroxylation sites is 2. The van der Waals surface area contributed by atoms with Crippen LogP contribution in [0.4, 0.5) is 0 Å². The lowest BCUT2D eigenvalue weighted by molar-refractivity contribution is 0.853. The summed E-state index contributed by atoms with van der Waals surface area (Å²) in [6, 6.07) is 18.0. The van der Waals surface area contributed by atoms with Crippen LogP contribution in [0.25, 0.3) is 11.0 Å². The number of H-pyrrole nitrogens is 1. The van der Waals surface area contributed by atoms with Crippen LogP contribution in [-0.2, 0) is 6.54 Å². The van der Waals surface area contributed by atoms with E-state index in [0.29, 0.717) is 11.3 Å². The Balaban J connectivity index is 1.93. The molecule has 0 aliphatic heterocycles. The maximum absolute atomic E-state index is 5.32. The Kier molecular flexibility index (Phi) is 3.18.